The van der Waals surface area contributed by atoms with Gasteiger partial charge >= 0.3 is 0 Å². The van der Waals surface area contributed by atoms with Crippen LogP contribution >= 0.6 is 0 Å². The van der Waals surface area contributed by atoms with Crippen LogP contribution in [0.2, 0.25) is 0 Å². The Hall–Kier alpha value is -0.570. The fourth-order valence-electron chi connectivity index (χ4n) is 2.66. The third kappa shape index (κ3) is 10.6. The van der Waals surface area contributed by atoms with E-state index in [2.05, 4.69) is 13.8 Å². The number of carbonyl (C=O) groups excluding carboxylic acids is 1. The van der Waals surface area contributed by atoms with Crippen molar-refractivity contribution in [2.45, 2.75) is 65.7 Å². The molecule has 0 unspecified atom stereocenters. The van der Waals surface area contributed by atoms with Gasteiger partial charge in [0.15, 0.2) is 0 Å². The Labute approximate surface area is 113 Å². The molecule has 0 aliphatic carbocycles. The molecule has 1 aliphatic heterocycles. The van der Waals surface area contributed by atoms with Crippen LogP contribution in [0.3, 0.4) is 0 Å². The first-order valence-electron chi connectivity index (χ1n) is 7.61. The van der Waals surface area contributed by atoms with E-state index < -0.39 is 5.97 Å². The molecule has 0 radical (unpaired) electrons. The lowest BCUT2D eigenvalue weighted by atomic mass is 9.92. The van der Waals surface area contributed by atoms with Gasteiger partial charge in [0.2, 0.25) is 0 Å². The molecule has 1 rings (SSSR count). The van der Waals surface area contributed by atoms with Crippen LogP contribution in [0.1, 0.15) is 65.7 Å². The number of unbranched alkanes of at least 4 members (excludes halogenated alkanes) is 2. The van der Waals surface area contributed by atoms with E-state index in [0.29, 0.717) is 0 Å². The second-order valence-corrected chi connectivity index (χ2v) is 5.43. The van der Waals surface area contributed by atoms with E-state index in [1.807, 2.05) is 4.90 Å². The molecule has 3 heteroatoms. The van der Waals surface area contributed by atoms with Crippen LogP contribution in [0.15, 0.2) is 0 Å². The Kier molecular flexibility index (Phi) is 11.2. The maximum Gasteiger partial charge on any atom is 0.0773 e. The summed E-state index contributed by atoms with van der Waals surface area (Å²) in [5.74, 6) is -0.0186. The fraction of sp³-hybridized carbons (Fsp3) is 0.933. The van der Waals surface area contributed by atoms with Gasteiger partial charge in [0.25, 0.3) is 0 Å². The van der Waals surface area contributed by atoms with Crippen molar-refractivity contribution in [3.63, 3.8) is 0 Å². The monoisotopic (exact) mass is 257 g/mol. The van der Waals surface area contributed by atoms with E-state index in [4.69, 9.17) is 9.90 Å². The molecule has 0 saturated carbocycles. The quantitative estimate of drug-likeness (QED) is 0.722. The lowest BCUT2D eigenvalue weighted by Crippen LogP contribution is -3.13. The van der Waals surface area contributed by atoms with Gasteiger partial charge in [-0.05, 0) is 38.5 Å². The Balaban J connectivity index is 0.000000631. The van der Waals surface area contributed by atoms with Gasteiger partial charge in [-0.1, -0.05) is 33.1 Å². The van der Waals surface area contributed by atoms with Crippen LogP contribution in [0.25, 0.3) is 0 Å². The maximum absolute atomic E-state index is 8.89. The van der Waals surface area contributed by atoms with Crippen molar-refractivity contribution in [2.75, 3.05) is 19.6 Å². The van der Waals surface area contributed by atoms with E-state index in [1.165, 1.54) is 64.6 Å². The summed E-state index contributed by atoms with van der Waals surface area (Å²) in [5.41, 5.74) is 0. The number of carbonyl (C=O) groups is 1. The van der Waals surface area contributed by atoms with Crippen molar-refractivity contribution in [2.24, 2.45) is 5.92 Å². The van der Waals surface area contributed by atoms with E-state index in [0.717, 1.165) is 12.8 Å². The molecule has 1 aliphatic rings. The zero-order valence-electron chi connectivity index (χ0n) is 12.5. The number of quaternary nitrogens is 1. The highest BCUT2D eigenvalue weighted by Gasteiger charge is 2.20. The Morgan fingerprint density at radius 3 is 2.17 bits per heavy atom. The van der Waals surface area contributed by atoms with Crippen LogP contribution in [0.4, 0.5) is 0 Å². The molecule has 1 saturated heterocycles. The van der Waals surface area contributed by atoms with Crippen LogP contribution < -0.4 is 10.0 Å². The predicted octanol–water partition coefficient (Wildman–Crippen LogP) is 1.03. The Bertz CT molecular complexity index is 195. The zero-order valence-corrected chi connectivity index (χ0v) is 12.5. The van der Waals surface area contributed by atoms with Gasteiger partial charge in [0, 0.05) is 5.97 Å². The Morgan fingerprint density at radius 2 is 1.72 bits per heavy atom. The number of hydrogen-bond donors (Lipinski definition) is 1. The highest BCUT2D eigenvalue weighted by atomic mass is 16.4. The molecule has 3 nitrogen and oxygen atoms in total. The van der Waals surface area contributed by atoms with Crippen molar-refractivity contribution in [3.05, 3.63) is 0 Å². The normalized spacial score (nSPS) is 23.1. The van der Waals surface area contributed by atoms with Crippen molar-refractivity contribution in [3.8, 4) is 0 Å². The van der Waals surface area contributed by atoms with Gasteiger partial charge in [-0.15, -0.1) is 0 Å². The van der Waals surface area contributed by atoms with Crippen LogP contribution in [0.5, 0.6) is 0 Å². The third-order valence-electron chi connectivity index (χ3n) is 3.64. The number of likely N-dealkylation sites (tertiary alicyclic amines) is 1. The van der Waals surface area contributed by atoms with Gasteiger partial charge in [-0.25, -0.2) is 0 Å². The standard InChI is InChI=1S/C13H27N.C2H4O2/c1-3-5-6-10-14-11-8-13(7-4-2)9-12-14;1-2(3)4/h13H,3-12H2,1-2H3;1H3,(H,3,4). The van der Waals surface area contributed by atoms with Crippen LogP contribution in [0, 0.1) is 5.92 Å². The number of aliphatic carboxylic acids is 1. The molecule has 0 amide bonds. The smallest absolute Gasteiger partial charge is 0.0773 e. The summed E-state index contributed by atoms with van der Waals surface area (Å²) in [5, 5.41) is 8.89. The fourth-order valence-corrected chi connectivity index (χ4v) is 2.66. The summed E-state index contributed by atoms with van der Waals surface area (Å²) in [6.07, 6.45) is 10.1. The van der Waals surface area contributed by atoms with Crippen molar-refractivity contribution in [1.82, 2.24) is 0 Å². The molecule has 1 fully saturated rings. The summed E-state index contributed by atoms with van der Waals surface area (Å²) in [4.78, 5) is 10.8. The second-order valence-electron chi connectivity index (χ2n) is 5.43. The lowest BCUT2D eigenvalue weighted by molar-refractivity contribution is -0.906. The van der Waals surface area contributed by atoms with E-state index in [-0.39, 0.29) is 0 Å². The molecule has 18 heavy (non-hydrogen) atoms. The summed E-state index contributed by atoms with van der Waals surface area (Å²) in [6, 6.07) is 0. The molecule has 1 N–H and O–H groups in total. The second kappa shape index (κ2) is 11.5. The Morgan fingerprint density at radius 1 is 1.17 bits per heavy atom. The number of carboxylic acids is 1. The maximum atomic E-state index is 8.89. The predicted molar refractivity (Wildman–Crippen MR) is 73.4 cm³/mol. The minimum Gasteiger partial charge on any atom is -0.550 e. The zero-order chi connectivity index (χ0) is 13.8. The number of nitrogens with one attached hydrogen (secondary N) is 1. The number of hydrogen-bond acceptors (Lipinski definition) is 2. The number of rotatable bonds is 6. The van der Waals surface area contributed by atoms with Crippen LogP contribution in [-0.2, 0) is 4.79 Å². The van der Waals surface area contributed by atoms with Crippen LogP contribution in [-0.4, -0.2) is 25.6 Å². The lowest BCUT2D eigenvalue weighted by Gasteiger charge is -2.29. The van der Waals surface area contributed by atoms with Crippen molar-refractivity contribution >= 4 is 5.97 Å². The minimum atomic E-state index is -1.08. The van der Waals surface area contributed by atoms with Crippen molar-refractivity contribution < 1.29 is 14.8 Å². The average Bonchev–Trinajstić information content (AvgIpc) is 2.31. The van der Waals surface area contributed by atoms with E-state index in [1.54, 1.807) is 0 Å². The molecular weight excluding hydrogens is 226 g/mol. The first kappa shape index (κ1) is 17.4. The summed E-state index contributed by atoms with van der Waals surface area (Å²) in [7, 11) is 0. The molecule has 0 aromatic rings. The van der Waals surface area contributed by atoms with Gasteiger partial charge in [-0.3, -0.25) is 0 Å². The largest absolute Gasteiger partial charge is 0.550 e. The summed E-state index contributed by atoms with van der Waals surface area (Å²) < 4.78 is 0. The van der Waals surface area contributed by atoms with E-state index >= 15 is 0 Å². The third-order valence-corrected chi connectivity index (χ3v) is 3.64. The molecule has 0 spiro atoms. The number of piperidine rings is 1. The minimum absolute atomic E-state index is 0.972. The molecule has 0 atom stereocenters. The first-order valence-corrected chi connectivity index (χ1v) is 7.61. The van der Waals surface area contributed by atoms with E-state index in [9.17, 15) is 0 Å². The molecule has 1 heterocycles. The SMILES string of the molecule is CC(=O)[O-].CCCCC[NH+]1CCC(CCC)CC1. The molecule has 0 aromatic carbocycles. The summed E-state index contributed by atoms with van der Waals surface area (Å²) >= 11 is 0. The molecule has 0 bridgehead atoms. The molecular formula is C15H31NO2. The summed E-state index contributed by atoms with van der Waals surface area (Å²) in [6.45, 7) is 9.93. The highest BCUT2D eigenvalue weighted by molar-refractivity contribution is 5.60. The number of carboxylic acid groups (broad SMARTS) is 1. The average molecular weight is 257 g/mol. The topological polar surface area (TPSA) is 44.6 Å². The molecule has 108 valence electrons. The van der Waals surface area contributed by atoms with Gasteiger partial charge in [-0.2, -0.15) is 0 Å². The highest BCUT2D eigenvalue weighted by Crippen LogP contribution is 2.15. The van der Waals surface area contributed by atoms with Crippen molar-refractivity contribution in [1.29, 1.82) is 0 Å². The van der Waals surface area contributed by atoms with Gasteiger partial charge in [0.05, 0.1) is 19.6 Å². The first-order chi connectivity index (χ1) is 8.60. The molecule has 0 aromatic heterocycles. The van der Waals surface area contributed by atoms with Gasteiger partial charge in [0.1, 0.15) is 0 Å². The van der Waals surface area contributed by atoms with Gasteiger partial charge < -0.3 is 14.8 Å².